The molecule has 1 aliphatic heterocycles. The Morgan fingerprint density at radius 3 is 2.06 bits per heavy atom. The Morgan fingerprint density at radius 2 is 1.56 bits per heavy atom. The number of carbonyl (C=O) groups is 3. The van der Waals surface area contributed by atoms with E-state index in [1.54, 1.807) is 36.4 Å². The van der Waals surface area contributed by atoms with Crippen molar-refractivity contribution in [2.24, 2.45) is 0 Å². The number of carbonyl (C=O) groups excluding carboxylic acids is 1. The number of hydrogen-bond acceptors (Lipinski definition) is 5. The minimum absolute atomic E-state index is 0.149. The molecule has 0 aliphatic carbocycles. The van der Waals surface area contributed by atoms with E-state index in [2.05, 4.69) is 5.32 Å². The largest absolute Gasteiger partial charge is 0.490 e. The quantitative estimate of drug-likeness (QED) is 0.617. The smallest absolute Gasteiger partial charge is 0.478 e. The zero-order valence-electron chi connectivity index (χ0n) is 16.4. The molecule has 1 aliphatic rings. The average Bonchev–Trinajstić information content (AvgIpc) is 2.74. The molecule has 1 saturated heterocycles. The molecule has 1 fully saturated rings. The second-order valence-corrected chi connectivity index (χ2v) is 6.84. The summed E-state index contributed by atoms with van der Waals surface area (Å²) in [6.45, 7) is 2.40. The van der Waals surface area contributed by atoms with E-state index < -0.39 is 18.1 Å². The predicted octanol–water partition coefficient (Wildman–Crippen LogP) is 3.76. The van der Waals surface area contributed by atoms with Crippen molar-refractivity contribution in [1.82, 2.24) is 0 Å². The summed E-state index contributed by atoms with van der Waals surface area (Å²) < 4.78 is 37.0. The van der Waals surface area contributed by atoms with Crippen molar-refractivity contribution < 1.29 is 42.5 Å². The fraction of sp³-hybridized carbons (Fsp3) is 0.250. The summed E-state index contributed by atoms with van der Waals surface area (Å²) in [5.74, 6) is -4.12. The Bertz CT molecular complexity index is 976. The van der Waals surface area contributed by atoms with Crippen LogP contribution in [0.25, 0.3) is 0 Å². The molecule has 0 aromatic heterocycles. The number of morpholine rings is 1. The van der Waals surface area contributed by atoms with Gasteiger partial charge in [-0.3, -0.25) is 4.79 Å². The van der Waals surface area contributed by atoms with Crippen molar-refractivity contribution in [2.75, 3.05) is 36.5 Å². The fourth-order valence-corrected chi connectivity index (χ4v) is 2.80. The number of carboxylic acid groups (broad SMARTS) is 2. The minimum atomic E-state index is -5.08. The lowest BCUT2D eigenvalue weighted by Gasteiger charge is -2.30. The number of nitrogens with zero attached hydrogens (tertiary/aromatic N) is 1. The monoisotopic (exact) mass is 474 g/mol. The third-order valence-electron chi connectivity index (χ3n) is 4.19. The van der Waals surface area contributed by atoms with E-state index in [1.807, 2.05) is 4.90 Å². The first kappa shape index (κ1) is 25.0. The lowest BCUT2D eigenvalue weighted by atomic mass is 10.1. The lowest BCUT2D eigenvalue weighted by Crippen LogP contribution is -2.37. The van der Waals surface area contributed by atoms with Gasteiger partial charge in [-0.15, -0.1) is 0 Å². The molecule has 1 heterocycles. The Labute approximate surface area is 185 Å². The van der Waals surface area contributed by atoms with Crippen LogP contribution in [0.3, 0.4) is 0 Å². The summed E-state index contributed by atoms with van der Waals surface area (Å²) >= 11 is 5.81. The van der Waals surface area contributed by atoms with Crippen molar-refractivity contribution in [2.45, 2.75) is 6.18 Å². The molecule has 0 spiro atoms. The maximum Gasteiger partial charge on any atom is 0.490 e. The van der Waals surface area contributed by atoms with E-state index in [1.165, 1.54) is 6.07 Å². The highest BCUT2D eigenvalue weighted by Gasteiger charge is 2.38. The Morgan fingerprint density at radius 1 is 1.00 bits per heavy atom. The fourth-order valence-electron chi connectivity index (χ4n) is 2.67. The van der Waals surface area contributed by atoms with Crippen molar-refractivity contribution in [1.29, 1.82) is 0 Å². The second kappa shape index (κ2) is 10.8. The number of amides is 1. The molecular weight excluding hydrogens is 457 g/mol. The number of carboxylic acids is 2. The minimum Gasteiger partial charge on any atom is -0.478 e. The molecule has 0 atom stereocenters. The summed E-state index contributed by atoms with van der Waals surface area (Å²) in [5, 5.41) is 19.9. The summed E-state index contributed by atoms with van der Waals surface area (Å²) in [6.07, 6.45) is -5.08. The van der Waals surface area contributed by atoms with Gasteiger partial charge in [-0.2, -0.15) is 13.2 Å². The van der Waals surface area contributed by atoms with Gasteiger partial charge in [-0.25, -0.2) is 9.59 Å². The summed E-state index contributed by atoms with van der Waals surface area (Å²) in [6, 6.07) is 11.4. The summed E-state index contributed by atoms with van der Waals surface area (Å²) in [5.41, 5.74) is 1.64. The van der Waals surface area contributed by atoms with Crippen LogP contribution < -0.4 is 10.2 Å². The molecule has 0 bridgehead atoms. The molecule has 32 heavy (non-hydrogen) atoms. The first-order chi connectivity index (χ1) is 15.0. The molecule has 12 heteroatoms. The number of rotatable bonds is 4. The molecule has 0 unspecified atom stereocenters. The Balaban J connectivity index is 0.000000451. The van der Waals surface area contributed by atoms with Crippen LogP contribution in [0, 0.1) is 0 Å². The molecular formula is C20H18ClF3N2O6. The van der Waals surface area contributed by atoms with Gasteiger partial charge in [-0.05, 0) is 42.5 Å². The average molecular weight is 475 g/mol. The number of aliphatic carboxylic acids is 1. The van der Waals surface area contributed by atoms with Crippen molar-refractivity contribution in [3.63, 3.8) is 0 Å². The van der Waals surface area contributed by atoms with E-state index in [0.29, 0.717) is 48.3 Å². The van der Waals surface area contributed by atoms with E-state index in [4.69, 9.17) is 26.2 Å². The zero-order chi connectivity index (χ0) is 23.9. The number of ether oxygens (including phenoxy) is 1. The van der Waals surface area contributed by atoms with Crippen molar-refractivity contribution in [3.05, 3.63) is 58.6 Å². The van der Waals surface area contributed by atoms with Crippen LogP contribution in [0.4, 0.5) is 24.5 Å². The topological polar surface area (TPSA) is 116 Å². The Kier molecular flexibility index (Phi) is 8.44. The SMILES string of the molecule is O=C(Nc1ccc(N2CCOCC2)c(C(=O)O)c1)c1ccc(Cl)cc1.O=C(O)C(F)(F)F. The Hall–Kier alpha value is -3.31. The first-order valence-electron chi connectivity index (χ1n) is 9.06. The van der Waals surface area contributed by atoms with Crippen LogP contribution in [-0.2, 0) is 9.53 Å². The van der Waals surface area contributed by atoms with Gasteiger partial charge >= 0.3 is 18.1 Å². The molecule has 0 saturated carbocycles. The van der Waals surface area contributed by atoms with Gasteiger partial charge in [0.2, 0.25) is 0 Å². The first-order valence-corrected chi connectivity index (χ1v) is 9.44. The number of halogens is 4. The van der Waals surface area contributed by atoms with Crippen molar-refractivity contribution >= 4 is 40.8 Å². The predicted molar refractivity (Wildman–Crippen MR) is 110 cm³/mol. The number of benzene rings is 2. The van der Waals surface area contributed by atoms with Crippen LogP contribution in [0.15, 0.2) is 42.5 Å². The zero-order valence-corrected chi connectivity index (χ0v) is 17.1. The highest BCUT2D eigenvalue weighted by atomic mass is 35.5. The van der Waals surface area contributed by atoms with Crippen LogP contribution >= 0.6 is 11.6 Å². The van der Waals surface area contributed by atoms with Gasteiger partial charge in [0.15, 0.2) is 0 Å². The second-order valence-electron chi connectivity index (χ2n) is 6.40. The van der Waals surface area contributed by atoms with E-state index in [-0.39, 0.29) is 11.5 Å². The maximum atomic E-state index is 12.3. The number of aromatic carboxylic acids is 1. The molecule has 1 amide bonds. The highest BCUT2D eigenvalue weighted by molar-refractivity contribution is 6.30. The van der Waals surface area contributed by atoms with Gasteiger partial charge in [0.25, 0.3) is 5.91 Å². The third-order valence-corrected chi connectivity index (χ3v) is 4.44. The van der Waals surface area contributed by atoms with E-state index in [9.17, 15) is 27.9 Å². The highest BCUT2D eigenvalue weighted by Crippen LogP contribution is 2.26. The van der Waals surface area contributed by atoms with Gasteiger partial charge in [0.05, 0.1) is 24.5 Å². The number of nitrogens with one attached hydrogen (secondary N) is 1. The molecule has 172 valence electrons. The van der Waals surface area contributed by atoms with Gasteiger partial charge in [0.1, 0.15) is 0 Å². The van der Waals surface area contributed by atoms with Gasteiger partial charge in [0, 0.05) is 29.4 Å². The van der Waals surface area contributed by atoms with Crippen molar-refractivity contribution in [3.8, 4) is 0 Å². The summed E-state index contributed by atoms with van der Waals surface area (Å²) in [7, 11) is 0. The molecule has 8 nitrogen and oxygen atoms in total. The van der Waals surface area contributed by atoms with Crippen LogP contribution in [0.2, 0.25) is 5.02 Å². The molecule has 2 aromatic carbocycles. The number of anilines is 2. The van der Waals surface area contributed by atoms with Crippen LogP contribution in [-0.4, -0.2) is 60.5 Å². The van der Waals surface area contributed by atoms with E-state index >= 15 is 0 Å². The van der Waals surface area contributed by atoms with Gasteiger partial charge < -0.3 is 25.2 Å². The van der Waals surface area contributed by atoms with Crippen LogP contribution in [0.5, 0.6) is 0 Å². The standard InChI is InChI=1S/C18H17ClN2O4.C2HF3O2/c19-13-3-1-12(2-4-13)17(22)20-14-5-6-16(15(11-14)18(23)24)21-7-9-25-10-8-21;3-2(4,5)1(6)7/h1-6,11H,7-10H2,(H,20,22)(H,23,24);(H,6,7). The lowest BCUT2D eigenvalue weighted by molar-refractivity contribution is -0.192. The maximum absolute atomic E-state index is 12.3. The number of alkyl halides is 3. The number of hydrogen-bond donors (Lipinski definition) is 3. The normalized spacial score (nSPS) is 13.6. The molecule has 2 aromatic rings. The molecule has 3 N–H and O–H groups in total. The third kappa shape index (κ3) is 7.13. The molecule has 0 radical (unpaired) electrons. The summed E-state index contributed by atoms with van der Waals surface area (Å²) in [4.78, 5) is 34.8. The van der Waals surface area contributed by atoms with Gasteiger partial charge in [-0.1, -0.05) is 11.6 Å². The molecule has 3 rings (SSSR count). The van der Waals surface area contributed by atoms with E-state index in [0.717, 1.165) is 0 Å². The van der Waals surface area contributed by atoms with Crippen LogP contribution in [0.1, 0.15) is 20.7 Å².